The van der Waals surface area contributed by atoms with Crippen LogP contribution in [0.3, 0.4) is 0 Å². The summed E-state index contributed by atoms with van der Waals surface area (Å²) >= 11 is 0. The van der Waals surface area contributed by atoms with E-state index in [1.807, 2.05) is 18.2 Å². The predicted molar refractivity (Wildman–Crippen MR) is 253 cm³/mol. The van der Waals surface area contributed by atoms with E-state index in [-0.39, 0.29) is 6.04 Å². The third-order valence-corrected chi connectivity index (χ3v) is 10.3. The highest BCUT2D eigenvalue weighted by Crippen LogP contribution is 2.38. The molecule has 0 aromatic heterocycles. The van der Waals surface area contributed by atoms with E-state index in [1.54, 1.807) is 0 Å². The third kappa shape index (κ3) is 11.9. The van der Waals surface area contributed by atoms with Gasteiger partial charge in [0.05, 0.1) is 6.04 Å². The van der Waals surface area contributed by atoms with Gasteiger partial charge in [-0.15, -0.1) is 0 Å². The van der Waals surface area contributed by atoms with Crippen molar-refractivity contribution in [3.8, 4) is 0 Å². The Bertz CT molecular complexity index is 2200. The van der Waals surface area contributed by atoms with Gasteiger partial charge in [0.25, 0.3) is 0 Å². The zero-order chi connectivity index (χ0) is 40.4. The molecule has 0 N–H and O–H groups in total. The summed E-state index contributed by atoms with van der Waals surface area (Å²) in [6.07, 6.45) is 51.6. The van der Waals surface area contributed by atoms with Crippen LogP contribution in [-0.4, -0.2) is 6.04 Å². The lowest BCUT2D eigenvalue weighted by Gasteiger charge is -2.37. The molecule has 3 aliphatic carbocycles. The van der Waals surface area contributed by atoms with E-state index in [1.165, 1.54) is 44.8 Å². The minimum Gasteiger partial charge on any atom is -0.334 e. The van der Waals surface area contributed by atoms with Crippen LogP contribution < -0.4 is 4.90 Å². The Labute approximate surface area is 344 Å². The molecule has 2 atom stereocenters. The maximum absolute atomic E-state index is 4.28. The first kappa shape index (κ1) is 42.0. The van der Waals surface area contributed by atoms with Crippen LogP contribution in [0.25, 0.3) is 11.1 Å². The fourth-order valence-electron chi connectivity index (χ4n) is 7.35. The summed E-state index contributed by atoms with van der Waals surface area (Å²) in [4.78, 5) is 2.54. The van der Waals surface area contributed by atoms with Gasteiger partial charge in [0.1, 0.15) is 0 Å². The Morgan fingerprint density at radius 1 is 0.807 bits per heavy atom. The van der Waals surface area contributed by atoms with Crippen LogP contribution in [0.4, 0.5) is 5.69 Å². The Morgan fingerprint density at radius 3 is 2.30 bits per heavy atom. The number of anilines is 1. The molecular formula is C56H59N. The second-order valence-electron chi connectivity index (χ2n) is 14.7. The Kier molecular flexibility index (Phi) is 16.0. The van der Waals surface area contributed by atoms with Crippen LogP contribution in [0.5, 0.6) is 0 Å². The van der Waals surface area contributed by atoms with E-state index in [9.17, 15) is 0 Å². The highest BCUT2D eigenvalue weighted by atomic mass is 15.2. The average Bonchev–Trinajstić information content (AvgIpc) is 3.24. The predicted octanol–water partition coefficient (Wildman–Crippen LogP) is 15.4. The smallest absolute Gasteiger partial charge is 0.0565 e. The van der Waals surface area contributed by atoms with Crippen LogP contribution in [0.2, 0.25) is 0 Å². The van der Waals surface area contributed by atoms with Gasteiger partial charge in [-0.3, -0.25) is 0 Å². The molecule has 0 saturated heterocycles. The molecule has 2 unspecified atom stereocenters. The first-order chi connectivity index (χ1) is 27.8. The Morgan fingerprint density at radius 2 is 1.61 bits per heavy atom. The summed E-state index contributed by atoms with van der Waals surface area (Å²) in [6.45, 7) is 20.6. The van der Waals surface area contributed by atoms with E-state index < -0.39 is 0 Å². The summed E-state index contributed by atoms with van der Waals surface area (Å²) in [7, 11) is 0. The lowest BCUT2D eigenvalue weighted by Crippen LogP contribution is -2.35. The van der Waals surface area contributed by atoms with Crippen LogP contribution in [0.15, 0.2) is 247 Å². The lowest BCUT2D eigenvalue weighted by atomic mass is 9.85. The SMILES string of the molecule is C=C/C=C(C=C)/C(/C=C\CC1=C(c2ccccc2)CC(N(C2=CCC(C(/C=C\C)=C/C=C(C)C)C=C2)c2ccc(C3=CC(=C)/C=C\C=C/CC=C3)cc2)C=C1)=C/C. The van der Waals surface area contributed by atoms with Crippen LogP contribution >= 0.6 is 0 Å². The summed E-state index contributed by atoms with van der Waals surface area (Å²) < 4.78 is 0. The fraction of sp³-hybridized carbons (Fsp3) is 0.179. The lowest BCUT2D eigenvalue weighted by molar-refractivity contribution is 0.731. The molecule has 288 valence electrons. The van der Waals surface area contributed by atoms with Gasteiger partial charge in [-0.1, -0.05) is 189 Å². The van der Waals surface area contributed by atoms with Gasteiger partial charge in [-0.2, -0.15) is 0 Å². The molecule has 0 heterocycles. The highest BCUT2D eigenvalue weighted by Gasteiger charge is 2.27. The third-order valence-electron chi connectivity index (χ3n) is 10.3. The quantitative estimate of drug-likeness (QED) is 0.174. The molecule has 0 aliphatic heterocycles. The number of nitrogens with zero attached hydrogens (tertiary/aromatic N) is 1. The standard InChI is InChI=1S/C56H59N/c1-8-21-45(10-3)46(11-4)27-20-28-51-35-40-55(42-56(51)50-24-18-15-19-25-50)57(53-36-31-48(32-37-53)47(22-9-2)30-29-43(5)6)54-38-33-49(34-39-54)52-26-17-14-12-13-16-23-44(7)41-52/h8-13,15-27,29-31,33-41,48,55H,1,3,7,14,28,32,42H2,2,4-6H3/b13-12-,22-9-,23-16-,26-17?,27-20-,45-21+,46-11+,47-30+,52-41?. The minimum absolute atomic E-state index is 0.112. The molecule has 1 heteroatoms. The number of hydrogen-bond donors (Lipinski definition) is 0. The minimum atomic E-state index is 0.112. The zero-order valence-corrected chi connectivity index (χ0v) is 34.4. The molecule has 0 radical (unpaired) electrons. The van der Waals surface area contributed by atoms with E-state index in [2.05, 4.69) is 222 Å². The maximum atomic E-state index is 4.28. The van der Waals surface area contributed by atoms with E-state index >= 15 is 0 Å². The molecular weight excluding hydrogens is 687 g/mol. The van der Waals surface area contributed by atoms with Crippen molar-refractivity contribution in [1.29, 1.82) is 0 Å². The zero-order valence-electron chi connectivity index (χ0n) is 34.4. The first-order valence-corrected chi connectivity index (χ1v) is 20.2. The normalized spacial score (nSPS) is 20.4. The second kappa shape index (κ2) is 21.8. The topological polar surface area (TPSA) is 3.24 Å². The Balaban J connectivity index is 1.53. The van der Waals surface area contributed by atoms with Crippen LogP contribution in [-0.2, 0) is 0 Å². The number of benzene rings is 2. The van der Waals surface area contributed by atoms with Crippen molar-refractivity contribution in [2.24, 2.45) is 5.92 Å². The molecule has 1 nitrogen and oxygen atoms in total. The van der Waals surface area contributed by atoms with Gasteiger partial charge in [-0.25, -0.2) is 0 Å². The number of rotatable bonds is 14. The van der Waals surface area contributed by atoms with Gasteiger partial charge in [0, 0.05) is 17.3 Å². The molecule has 0 fully saturated rings. The molecule has 0 saturated carbocycles. The molecule has 2 aromatic rings. The van der Waals surface area contributed by atoms with Crippen molar-refractivity contribution in [3.05, 3.63) is 258 Å². The molecule has 3 aliphatic rings. The monoisotopic (exact) mass is 745 g/mol. The summed E-state index contributed by atoms with van der Waals surface area (Å²) in [5, 5.41) is 0. The highest BCUT2D eigenvalue weighted by molar-refractivity contribution is 5.79. The van der Waals surface area contributed by atoms with E-state index in [0.29, 0.717) is 5.92 Å². The average molecular weight is 746 g/mol. The van der Waals surface area contributed by atoms with Gasteiger partial charge >= 0.3 is 0 Å². The van der Waals surface area contributed by atoms with Gasteiger partial charge < -0.3 is 4.90 Å². The van der Waals surface area contributed by atoms with Crippen LogP contribution in [0, 0.1) is 5.92 Å². The van der Waals surface area contributed by atoms with Crippen molar-refractivity contribution in [2.45, 2.75) is 59.4 Å². The largest absolute Gasteiger partial charge is 0.334 e. The van der Waals surface area contributed by atoms with Crippen molar-refractivity contribution in [3.63, 3.8) is 0 Å². The van der Waals surface area contributed by atoms with Gasteiger partial charge in [-0.05, 0) is 128 Å². The summed E-state index contributed by atoms with van der Waals surface area (Å²) in [5.41, 5.74) is 14.5. The van der Waals surface area contributed by atoms with E-state index in [0.717, 1.165) is 48.0 Å². The van der Waals surface area contributed by atoms with Crippen molar-refractivity contribution >= 4 is 16.8 Å². The molecule has 0 spiro atoms. The first-order valence-electron chi connectivity index (χ1n) is 20.2. The Hall–Kier alpha value is -6.18. The number of hydrogen-bond acceptors (Lipinski definition) is 1. The summed E-state index contributed by atoms with van der Waals surface area (Å²) in [6, 6.07) is 20.1. The molecule has 2 aromatic carbocycles. The van der Waals surface area contributed by atoms with Crippen LogP contribution in [0.1, 0.15) is 64.5 Å². The molecule has 57 heavy (non-hydrogen) atoms. The molecule has 5 rings (SSSR count). The maximum Gasteiger partial charge on any atom is 0.0565 e. The van der Waals surface area contributed by atoms with Gasteiger partial charge in [0.2, 0.25) is 0 Å². The fourth-order valence-corrected chi connectivity index (χ4v) is 7.35. The van der Waals surface area contributed by atoms with Crippen molar-refractivity contribution < 1.29 is 0 Å². The summed E-state index contributed by atoms with van der Waals surface area (Å²) in [5.74, 6) is 0.318. The van der Waals surface area contributed by atoms with Gasteiger partial charge in [0.15, 0.2) is 0 Å². The van der Waals surface area contributed by atoms with E-state index in [4.69, 9.17) is 0 Å². The van der Waals surface area contributed by atoms with Crippen molar-refractivity contribution in [2.75, 3.05) is 4.90 Å². The molecule has 0 bridgehead atoms. The molecule has 0 amide bonds. The second-order valence-corrected chi connectivity index (χ2v) is 14.7. The van der Waals surface area contributed by atoms with Crippen molar-refractivity contribution in [1.82, 2.24) is 0 Å². The number of allylic oxidation sites excluding steroid dienone is 28.